The Labute approximate surface area is 141 Å². The van der Waals surface area contributed by atoms with Crippen LogP contribution in [-0.4, -0.2) is 5.91 Å². The first-order valence-electron chi connectivity index (χ1n) is 7.71. The first-order valence-corrected chi connectivity index (χ1v) is 7.71. The molecule has 24 heavy (non-hydrogen) atoms. The number of carbonyl (C=O) groups is 1. The maximum absolute atomic E-state index is 10.8. The van der Waals surface area contributed by atoms with Gasteiger partial charge in [0.1, 0.15) is 0 Å². The zero-order chi connectivity index (χ0) is 16.8. The highest BCUT2D eigenvalue weighted by atomic mass is 16.1. The van der Waals surface area contributed by atoms with Crippen molar-refractivity contribution in [2.45, 2.75) is 0 Å². The minimum Gasteiger partial charge on any atom is -0.366 e. The van der Waals surface area contributed by atoms with Crippen molar-refractivity contribution >= 4 is 23.4 Å². The van der Waals surface area contributed by atoms with Gasteiger partial charge in [-0.3, -0.25) is 4.79 Å². The average Bonchev–Trinajstić information content (AvgIpc) is 2.62. The Morgan fingerprint density at radius 3 is 1.88 bits per heavy atom. The maximum atomic E-state index is 10.8. The lowest BCUT2D eigenvalue weighted by molar-refractivity contribution is -0.113. The van der Waals surface area contributed by atoms with E-state index in [1.54, 1.807) is 6.08 Å². The Morgan fingerprint density at radius 1 is 0.750 bits per heavy atom. The maximum Gasteiger partial charge on any atom is 0.241 e. The summed E-state index contributed by atoms with van der Waals surface area (Å²) >= 11 is 0. The number of rotatable bonds is 5. The molecule has 0 atom stereocenters. The Morgan fingerprint density at radius 2 is 1.29 bits per heavy atom. The molecule has 0 fully saturated rings. The van der Waals surface area contributed by atoms with Gasteiger partial charge in [0.05, 0.1) is 0 Å². The Bertz CT molecular complexity index is 835. The Hall–Kier alpha value is -3.33. The van der Waals surface area contributed by atoms with Crippen molar-refractivity contribution in [1.82, 2.24) is 0 Å². The summed E-state index contributed by atoms with van der Waals surface area (Å²) in [7, 11) is 0. The molecule has 0 spiro atoms. The summed E-state index contributed by atoms with van der Waals surface area (Å²) in [5.41, 5.74) is 10.4. The van der Waals surface area contributed by atoms with Gasteiger partial charge in [0.15, 0.2) is 0 Å². The number of hydrogen-bond acceptors (Lipinski definition) is 2. The summed E-state index contributed by atoms with van der Waals surface area (Å²) in [6, 6.07) is 26.3. The molecule has 0 heterocycles. The molecule has 0 saturated carbocycles. The van der Waals surface area contributed by atoms with Crippen LogP contribution in [0.5, 0.6) is 0 Å². The highest BCUT2D eigenvalue weighted by molar-refractivity contribution is 5.90. The molecule has 3 nitrogen and oxygen atoms in total. The second-order valence-corrected chi connectivity index (χ2v) is 5.43. The van der Waals surface area contributed by atoms with Crippen molar-refractivity contribution < 1.29 is 4.79 Å². The molecule has 0 unspecified atom stereocenters. The summed E-state index contributed by atoms with van der Waals surface area (Å²) in [6.07, 6.45) is 3.07. The number of para-hydroxylation sites is 1. The monoisotopic (exact) mass is 314 g/mol. The van der Waals surface area contributed by atoms with Gasteiger partial charge in [0.2, 0.25) is 5.91 Å². The molecule has 0 saturated heterocycles. The molecule has 0 aliphatic rings. The molecule has 3 N–H and O–H groups in total. The van der Waals surface area contributed by atoms with Gasteiger partial charge in [-0.1, -0.05) is 54.6 Å². The normalized spacial score (nSPS) is 10.7. The fourth-order valence-electron chi connectivity index (χ4n) is 2.40. The van der Waals surface area contributed by atoms with E-state index in [0.717, 1.165) is 28.1 Å². The Balaban J connectivity index is 1.72. The van der Waals surface area contributed by atoms with Gasteiger partial charge >= 0.3 is 0 Å². The number of nitrogens with two attached hydrogens (primary N) is 1. The molecule has 3 aromatic carbocycles. The lowest BCUT2D eigenvalue weighted by Crippen LogP contribution is -2.04. The molecule has 3 aromatic rings. The average molecular weight is 314 g/mol. The number of amides is 1. The predicted octanol–water partition coefficient (Wildman–Crippen LogP) is 4.60. The summed E-state index contributed by atoms with van der Waals surface area (Å²) in [5, 5.41) is 3.37. The molecule has 0 bridgehead atoms. The minimum atomic E-state index is -0.444. The van der Waals surface area contributed by atoms with Crippen LogP contribution in [-0.2, 0) is 4.79 Å². The molecule has 0 aromatic heterocycles. The van der Waals surface area contributed by atoms with Crippen LogP contribution in [0.4, 0.5) is 11.4 Å². The lowest BCUT2D eigenvalue weighted by Gasteiger charge is -2.08. The quantitative estimate of drug-likeness (QED) is 0.676. The van der Waals surface area contributed by atoms with Gasteiger partial charge in [-0.15, -0.1) is 0 Å². The lowest BCUT2D eigenvalue weighted by atomic mass is 10.0. The molecule has 118 valence electrons. The van der Waals surface area contributed by atoms with Crippen LogP contribution in [0.25, 0.3) is 17.2 Å². The van der Waals surface area contributed by atoms with Crippen LogP contribution in [0.3, 0.4) is 0 Å². The van der Waals surface area contributed by atoms with Crippen molar-refractivity contribution in [3.63, 3.8) is 0 Å². The second kappa shape index (κ2) is 7.29. The predicted molar refractivity (Wildman–Crippen MR) is 99.8 cm³/mol. The first kappa shape index (κ1) is 15.6. The van der Waals surface area contributed by atoms with Gasteiger partial charge in [-0.25, -0.2) is 0 Å². The van der Waals surface area contributed by atoms with E-state index in [-0.39, 0.29) is 0 Å². The third-order valence-corrected chi connectivity index (χ3v) is 3.63. The van der Waals surface area contributed by atoms with Gasteiger partial charge in [-0.2, -0.15) is 0 Å². The van der Waals surface area contributed by atoms with Crippen molar-refractivity contribution in [2.75, 3.05) is 5.32 Å². The number of primary amides is 1. The van der Waals surface area contributed by atoms with Crippen molar-refractivity contribution in [3.8, 4) is 11.1 Å². The van der Waals surface area contributed by atoms with Crippen LogP contribution in [0.1, 0.15) is 5.56 Å². The smallest absolute Gasteiger partial charge is 0.241 e. The van der Waals surface area contributed by atoms with Crippen molar-refractivity contribution in [2.24, 2.45) is 5.73 Å². The van der Waals surface area contributed by atoms with E-state index in [2.05, 4.69) is 29.6 Å². The zero-order valence-electron chi connectivity index (χ0n) is 13.1. The Kier molecular flexibility index (Phi) is 4.73. The third-order valence-electron chi connectivity index (χ3n) is 3.63. The summed E-state index contributed by atoms with van der Waals surface area (Å²) < 4.78 is 0. The summed E-state index contributed by atoms with van der Waals surface area (Å²) in [4.78, 5) is 10.8. The van der Waals surface area contributed by atoms with Crippen LogP contribution in [0.15, 0.2) is 84.9 Å². The molecular formula is C21H18N2O. The van der Waals surface area contributed by atoms with Crippen LogP contribution in [0, 0.1) is 0 Å². The molecule has 1 amide bonds. The van der Waals surface area contributed by atoms with Crippen molar-refractivity contribution in [1.29, 1.82) is 0 Å². The van der Waals surface area contributed by atoms with Gasteiger partial charge in [-0.05, 0) is 47.0 Å². The zero-order valence-corrected chi connectivity index (χ0v) is 13.1. The van der Waals surface area contributed by atoms with Crippen LogP contribution >= 0.6 is 0 Å². The first-order chi connectivity index (χ1) is 11.7. The molecular weight excluding hydrogens is 296 g/mol. The van der Waals surface area contributed by atoms with Crippen molar-refractivity contribution in [3.05, 3.63) is 90.5 Å². The van der Waals surface area contributed by atoms with Gasteiger partial charge in [0.25, 0.3) is 0 Å². The molecule has 0 aliphatic carbocycles. The largest absolute Gasteiger partial charge is 0.366 e. The highest BCUT2D eigenvalue weighted by Gasteiger charge is 1.99. The van der Waals surface area contributed by atoms with Crippen LogP contribution < -0.4 is 11.1 Å². The molecule has 0 radical (unpaired) electrons. The van der Waals surface area contributed by atoms with E-state index in [0.29, 0.717) is 0 Å². The highest BCUT2D eigenvalue weighted by Crippen LogP contribution is 2.23. The van der Waals surface area contributed by atoms with E-state index in [9.17, 15) is 4.79 Å². The SMILES string of the molecule is NC(=O)C=Cc1ccc(-c2ccc(Nc3ccccc3)cc2)cc1. The van der Waals surface area contributed by atoms with E-state index in [1.165, 1.54) is 6.08 Å². The fraction of sp³-hybridized carbons (Fsp3) is 0. The molecule has 3 heteroatoms. The minimum absolute atomic E-state index is 0.444. The number of hydrogen-bond donors (Lipinski definition) is 2. The third kappa shape index (κ3) is 4.11. The topological polar surface area (TPSA) is 55.1 Å². The van der Waals surface area contributed by atoms with Gasteiger partial charge < -0.3 is 11.1 Å². The summed E-state index contributed by atoms with van der Waals surface area (Å²) in [5.74, 6) is -0.444. The number of benzene rings is 3. The van der Waals surface area contributed by atoms with E-state index >= 15 is 0 Å². The fourth-order valence-corrected chi connectivity index (χ4v) is 2.40. The van der Waals surface area contributed by atoms with Crippen LogP contribution in [0.2, 0.25) is 0 Å². The van der Waals surface area contributed by atoms with E-state index in [4.69, 9.17) is 5.73 Å². The number of carbonyl (C=O) groups excluding carboxylic acids is 1. The van der Waals surface area contributed by atoms with E-state index < -0.39 is 5.91 Å². The standard InChI is InChI=1S/C21H18N2O/c22-21(24)15-8-16-6-9-17(10-7-16)18-11-13-20(14-12-18)23-19-4-2-1-3-5-19/h1-15,23H,(H2,22,24). The van der Waals surface area contributed by atoms with E-state index in [1.807, 2.05) is 54.6 Å². The number of anilines is 2. The number of nitrogens with one attached hydrogen (secondary N) is 1. The second-order valence-electron chi connectivity index (χ2n) is 5.43. The summed E-state index contributed by atoms with van der Waals surface area (Å²) in [6.45, 7) is 0. The molecule has 3 rings (SSSR count). The van der Waals surface area contributed by atoms with Gasteiger partial charge in [0, 0.05) is 17.5 Å². The molecule has 0 aliphatic heterocycles.